The van der Waals surface area contributed by atoms with E-state index >= 15 is 0 Å². The van der Waals surface area contributed by atoms with Gasteiger partial charge in [0.2, 0.25) is 0 Å². The fourth-order valence-electron chi connectivity index (χ4n) is 5.49. The Labute approximate surface area is 233 Å². The number of aromatic nitrogens is 7. The molecule has 0 saturated carbocycles. The molecule has 0 spiro atoms. The molecule has 2 aromatic carbocycles. The lowest BCUT2D eigenvalue weighted by atomic mass is 9.98. The number of amides is 2. The molecule has 0 unspecified atom stereocenters. The molecule has 0 N–H and O–H groups in total. The number of aryl methyl sites for hydroxylation is 3. The first kappa shape index (κ1) is 24.6. The lowest BCUT2D eigenvalue weighted by Crippen LogP contribution is -2.31. The summed E-state index contributed by atoms with van der Waals surface area (Å²) in [7, 11) is 1.71. The molecular formula is C30H23FN8O2. The number of carbonyl (C=O) groups excluding carboxylic acids is 2. The molecule has 7 rings (SSSR count). The zero-order valence-corrected chi connectivity index (χ0v) is 22.0. The van der Waals surface area contributed by atoms with E-state index in [1.807, 2.05) is 27.6 Å². The Morgan fingerprint density at radius 2 is 1.73 bits per heavy atom. The number of para-hydroxylation sites is 1. The highest BCUT2D eigenvalue weighted by Gasteiger charge is 2.43. The molecule has 0 atom stereocenters. The minimum Gasteiger partial charge on any atom is -0.347 e. The molecular weight excluding hydrogens is 523 g/mol. The van der Waals surface area contributed by atoms with Crippen LogP contribution in [0.25, 0.3) is 33.1 Å². The van der Waals surface area contributed by atoms with Crippen LogP contribution in [0.3, 0.4) is 0 Å². The van der Waals surface area contributed by atoms with E-state index in [-0.39, 0.29) is 17.0 Å². The monoisotopic (exact) mass is 546 g/mol. The number of fused-ring (bicyclic) bond motifs is 2. The van der Waals surface area contributed by atoms with Crippen molar-refractivity contribution in [2.24, 2.45) is 7.05 Å². The molecule has 1 aliphatic rings. The third-order valence-electron chi connectivity index (χ3n) is 7.34. The SMILES string of the molecule is Cn1nc(C2=C(c3cn(CCCn4ccnc4)c4cc(F)ccc34)C(=O)N(c3ccccc3)C2=O)c2ccnnc21. The van der Waals surface area contributed by atoms with Gasteiger partial charge in [-0.05, 0) is 42.8 Å². The Hall–Kier alpha value is -5.45. The molecule has 0 saturated heterocycles. The van der Waals surface area contributed by atoms with Crippen molar-refractivity contribution in [2.75, 3.05) is 4.90 Å². The van der Waals surface area contributed by atoms with Crippen LogP contribution in [0.1, 0.15) is 17.7 Å². The summed E-state index contributed by atoms with van der Waals surface area (Å²) in [5.74, 6) is -1.35. The van der Waals surface area contributed by atoms with E-state index in [0.717, 1.165) is 13.0 Å². The van der Waals surface area contributed by atoms with Gasteiger partial charge in [-0.15, -0.1) is 5.10 Å². The van der Waals surface area contributed by atoms with E-state index < -0.39 is 11.8 Å². The van der Waals surface area contributed by atoms with Gasteiger partial charge in [-0.2, -0.15) is 10.2 Å². The second-order valence-corrected chi connectivity index (χ2v) is 9.82. The molecule has 0 aliphatic carbocycles. The summed E-state index contributed by atoms with van der Waals surface area (Å²) in [6, 6.07) is 15.0. The Morgan fingerprint density at radius 3 is 2.54 bits per heavy atom. The van der Waals surface area contributed by atoms with Crippen LogP contribution in [0, 0.1) is 5.82 Å². The number of hydrogen-bond acceptors (Lipinski definition) is 6. The van der Waals surface area contributed by atoms with E-state index in [0.29, 0.717) is 45.4 Å². The van der Waals surface area contributed by atoms with Gasteiger partial charge >= 0.3 is 0 Å². The summed E-state index contributed by atoms with van der Waals surface area (Å²) in [6.45, 7) is 1.28. The fourth-order valence-corrected chi connectivity index (χ4v) is 5.49. The van der Waals surface area contributed by atoms with Crippen molar-refractivity contribution in [2.45, 2.75) is 19.5 Å². The van der Waals surface area contributed by atoms with Crippen LogP contribution in [0.2, 0.25) is 0 Å². The van der Waals surface area contributed by atoms with Gasteiger partial charge in [-0.25, -0.2) is 19.0 Å². The largest absolute Gasteiger partial charge is 0.347 e. The number of halogens is 1. The van der Waals surface area contributed by atoms with Crippen LogP contribution in [-0.4, -0.2) is 45.9 Å². The van der Waals surface area contributed by atoms with Crippen molar-refractivity contribution >= 4 is 50.6 Å². The first-order valence-electron chi connectivity index (χ1n) is 13.1. The zero-order chi connectivity index (χ0) is 28.1. The summed E-state index contributed by atoms with van der Waals surface area (Å²) >= 11 is 0. The number of imidazole rings is 1. The highest BCUT2D eigenvalue weighted by Crippen LogP contribution is 2.42. The highest BCUT2D eigenvalue weighted by atomic mass is 19.1. The van der Waals surface area contributed by atoms with Crippen molar-refractivity contribution in [1.29, 1.82) is 0 Å². The third kappa shape index (κ3) is 4.01. The fraction of sp³-hybridized carbons (Fsp3) is 0.133. The molecule has 4 aromatic heterocycles. The lowest BCUT2D eigenvalue weighted by molar-refractivity contribution is -0.119. The molecule has 0 bridgehead atoms. The van der Waals surface area contributed by atoms with Gasteiger partial charge in [0.25, 0.3) is 11.8 Å². The molecule has 10 nitrogen and oxygen atoms in total. The quantitative estimate of drug-likeness (QED) is 0.278. The third-order valence-corrected chi connectivity index (χ3v) is 7.34. The number of carbonyl (C=O) groups is 2. The Morgan fingerprint density at radius 1 is 0.902 bits per heavy atom. The maximum Gasteiger partial charge on any atom is 0.268 e. The van der Waals surface area contributed by atoms with Crippen molar-refractivity contribution in [3.63, 3.8) is 0 Å². The molecule has 41 heavy (non-hydrogen) atoms. The Bertz CT molecular complexity index is 1990. The smallest absolute Gasteiger partial charge is 0.268 e. The van der Waals surface area contributed by atoms with Crippen LogP contribution >= 0.6 is 0 Å². The van der Waals surface area contributed by atoms with Crippen LogP contribution in [-0.2, 0) is 29.7 Å². The van der Waals surface area contributed by atoms with Gasteiger partial charge < -0.3 is 9.13 Å². The topological polar surface area (TPSA) is 104 Å². The predicted octanol–water partition coefficient (Wildman–Crippen LogP) is 4.23. The number of benzene rings is 2. The second kappa shape index (κ2) is 9.63. The number of hydrogen-bond donors (Lipinski definition) is 0. The van der Waals surface area contributed by atoms with Crippen LogP contribution in [0.15, 0.2) is 85.7 Å². The molecule has 11 heteroatoms. The minimum atomic E-state index is -0.490. The van der Waals surface area contributed by atoms with Crippen LogP contribution in [0.4, 0.5) is 10.1 Å². The predicted molar refractivity (Wildman–Crippen MR) is 151 cm³/mol. The van der Waals surface area contributed by atoms with E-state index in [2.05, 4.69) is 20.3 Å². The molecule has 202 valence electrons. The van der Waals surface area contributed by atoms with Gasteiger partial charge in [-0.1, -0.05) is 18.2 Å². The van der Waals surface area contributed by atoms with Crippen molar-refractivity contribution < 1.29 is 14.0 Å². The van der Waals surface area contributed by atoms with Gasteiger partial charge in [0.1, 0.15) is 11.5 Å². The summed E-state index contributed by atoms with van der Waals surface area (Å²) in [5.41, 5.74) is 2.82. The number of nitrogens with zero attached hydrogens (tertiary/aromatic N) is 8. The molecule has 1 aliphatic heterocycles. The summed E-state index contributed by atoms with van der Waals surface area (Å²) in [6.07, 6.45) is 9.46. The number of anilines is 1. The zero-order valence-electron chi connectivity index (χ0n) is 22.0. The second-order valence-electron chi connectivity index (χ2n) is 9.82. The Balaban J connectivity index is 1.43. The van der Waals surface area contributed by atoms with Crippen molar-refractivity contribution in [3.05, 3.63) is 103 Å². The highest BCUT2D eigenvalue weighted by molar-refractivity contribution is 6.58. The molecule has 5 heterocycles. The normalized spacial score (nSPS) is 13.9. The van der Waals surface area contributed by atoms with Crippen molar-refractivity contribution in [1.82, 2.24) is 34.1 Å². The summed E-state index contributed by atoms with van der Waals surface area (Å²) in [5, 5.41) is 14.0. The van der Waals surface area contributed by atoms with Crippen LogP contribution < -0.4 is 4.90 Å². The first-order valence-corrected chi connectivity index (χ1v) is 13.1. The summed E-state index contributed by atoms with van der Waals surface area (Å²) < 4.78 is 19.9. The van der Waals surface area contributed by atoms with E-state index in [1.165, 1.54) is 23.2 Å². The van der Waals surface area contributed by atoms with E-state index in [4.69, 9.17) is 0 Å². The molecule has 2 amide bonds. The minimum absolute atomic E-state index is 0.166. The standard InChI is InChI=1S/C30H23FN8O2/c1-36-28-22(10-11-33-34-28)27(35-36)26-25(29(40)39(30(26)41)20-6-3-2-4-7-20)23-17-38(14-5-13-37-15-12-32-18-37)24-16-19(31)8-9-21(23)24/h2-4,6-12,15-18H,5,13-14H2,1H3. The van der Waals surface area contributed by atoms with Crippen molar-refractivity contribution in [3.8, 4) is 0 Å². The number of imide groups is 1. The van der Waals surface area contributed by atoms with Gasteiger partial charge in [-0.3, -0.25) is 9.59 Å². The molecule has 0 fully saturated rings. The first-order chi connectivity index (χ1) is 20.0. The lowest BCUT2D eigenvalue weighted by Gasteiger charge is -2.14. The maximum absolute atomic E-state index is 14.5. The maximum atomic E-state index is 14.5. The summed E-state index contributed by atoms with van der Waals surface area (Å²) in [4.78, 5) is 33.6. The number of rotatable bonds is 7. The molecule has 6 aromatic rings. The van der Waals surface area contributed by atoms with Gasteiger partial charge in [0.15, 0.2) is 5.65 Å². The average molecular weight is 547 g/mol. The van der Waals surface area contributed by atoms with Crippen LogP contribution in [0.5, 0.6) is 0 Å². The molecule has 0 radical (unpaired) electrons. The average Bonchev–Trinajstić information content (AvgIpc) is 3.75. The van der Waals surface area contributed by atoms with E-state index in [9.17, 15) is 14.0 Å². The van der Waals surface area contributed by atoms with Gasteiger partial charge in [0.05, 0.1) is 40.3 Å². The van der Waals surface area contributed by atoms with Gasteiger partial charge in [0, 0.05) is 49.7 Å². The Kier molecular flexibility index (Phi) is 5.77. The van der Waals surface area contributed by atoms with E-state index in [1.54, 1.807) is 60.7 Å².